The van der Waals surface area contributed by atoms with Crippen molar-refractivity contribution in [3.05, 3.63) is 60.7 Å². The highest BCUT2D eigenvalue weighted by atomic mass is 16.2. The Labute approximate surface area is 132 Å². The minimum absolute atomic E-state index is 0.489. The molecule has 0 aromatic heterocycles. The van der Waals surface area contributed by atoms with Crippen molar-refractivity contribution in [3.63, 3.8) is 0 Å². The van der Waals surface area contributed by atoms with Crippen LogP contribution in [0.2, 0.25) is 0 Å². The lowest BCUT2D eigenvalue weighted by molar-refractivity contribution is 0.256. The van der Waals surface area contributed by atoms with E-state index >= 15 is 0 Å². The van der Waals surface area contributed by atoms with Gasteiger partial charge in [-0.3, -0.25) is 4.90 Å². The van der Waals surface area contributed by atoms with Crippen LogP contribution in [0.25, 0.3) is 0 Å². The number of urea groups is 1. The van der Waals surface area contributed by atoms with Gasteiger partial charge in [-0.25, -0.2) is 4.79 Å². The molecule has 3 heteroatoms. The minimum atomic E-state index is -0.489. The van der Waals surface area contributed by atoms with Gasteiger partial charge in [-0.05, 0) is 24.3 Å². The molecule has 0 unspecified atom stereocenters. The molecule has 0 heterocycles. The summed E-state index contributed by atoms with van der Waals surface area (Å²) in [7, 11) is 0. The lowest BCUT2D eigenvalue weighted by Crippen LogP contribution is -2.31. The Kier molecular flexibility index (Phi) is 6.49. The number of carbonyl (C=O) groups is 1. The van der Waals surface area contributed by atoms with Crippen LogP contribution in [0.15, 0.2) is 60.7 Å². The van der Waals surface area contributed by atoms with E-state index in [1.54, 1.807) is 0 Å². The Morgan fingerprint density at radius 3 is 1.27 bits per heavy atom. The molecule has 3 nitrogen and oxygen atoms in total. The van der Waals surface area contributed by atoms with E-state index in [0.717, 1.165) is 11.4 Å². The summed E-state index contributed by atoms with van der Waals surface area (Å²) in [6, 6.07) is 18.2. The number of primary amides is 1. The number of hydrogen-bond donors (Lipinski definition) is 1. The van der Waals surface area contributed by atoms with Crippen molar-refractivity contribution in [1.82, 2.24) is 0 Å². The largest absolute Gasteiger partial charge is 0.351 e. The van der Waals surface area contributed by atoms with Crippen LogP contribution in [0.3, 0.4) is 0 Å². The fraction of sp³-hybridized carbons (Fsp3) is 0.316. The zero-order valence-corrected chi connectivity index (χ0v) is 12.9. The van der Waals surface area contributed by atoms with Gasteiger partial charge in [-0.15, -0.1) is 0 Å². The van der Waals surface area contributed by atoms with Crippen molar-refractivity contribution < 1.29 is 4.79 Å². The molecule has 3 rings (SSSR count). The van der Waals surface area contributed by atoms with Gasteiger partial charge in [0.1, 0.15) is 0 Å². The molecule has 2 N–H and O–H groups in total. The van der Waals surface area contributed by atoms with Crippen molar-refractivity contribution >= 4 is 17.4 Å². The summed E-state index contributed by atoms with van der Waals surface area (Å²) >= 11 is 0. The molecule has 0 saturated heterocycles. The average molecular weight is 296 g/mol. The van der Waals surface area contributed by atoms with E-state index in [-0.39, 0.29) is 0 Å². The van der Waals surface area contributed by atoms with Crippen LogP contribution >= 0.6 is 0 Å². The first-order valence-corrected chi connectivity index (χ1v) is 7.98. The third-order valence-corrected chi connectivity index (χ3v) is 3.75. The summed E-state index contributed by atoms with van der Waals surface area (Å²) in [6.07, 6.45) is 9.00. The highest BCUT2D eigenvalue weighted by Gasteiger charge is 2.13. The van der Waals surface area contributed by atoms with Crippen LogP contribution in [0, 0.1) is 0 Å². The van der Waals surface area contributed by atoms with Gasteiger partial charge in [0.25, 0.3) is 0 Å². The van der Waals surface area contributed by atoms with Gasteiger partial charge in [0.2, 0.25) is 0 Å². The topological polar surface area (TPSA) is 46.3 Å². The molecule has 1 aliphatic carbocycles. The van der Waals surface area contributed by atoms with Gasteiger partial charge in [0.05, 0.1) is 11.4 Å². The number of benzene rings is 2. The van der Waals surface area contributed by atoms with Crippen LogP contribution in [0.5, 0.6) is 0 Å². The number of para-hydroxylation sites is 2. The van der Waals surface area contributed by atoms with E-state index in [9.17, 15) is 4.79 Å². The summed E-state index contributed by atoms with van der Waals surface area (Å²) in [4.78, 5) is 12.9. The predicted octanol–water partition coefficient (Wildman–Crippen LogP) is 5.24. The maximum Gasteiger partial charge on any atom is 0.323 e. The number of anilines is 2. The highest BCUT2D eigenvalue weighted by molar-refractivity contribution is 5.98. The molecule has 2 aromatic rings. The first-order chi connectivity index (χ1) is 10.8. The lowest BCUT2D eigenvalue weighted by Gasteiger charge is -2.20. The van der Waals surface area contributed by atoms with Gasteiger partial charge in [0.15, 0.2) is 0 Å². The van der Waals surface area contributed by atoms with Gasteiger partial charge < -0.3 is 5.73 Å². The summed E-state index contributed by atoms with van der Waals surface area (Å²) < 4.78 is 0. The van der Waals surface area contributed by atoms with E-state index < -0.39 is 6.03 Å². The van der Waals surface area contributed by atoms with E-state index in [2.05, 4.69) is 0 Å². The summed E-state index contributed by atoms with van der Waals surface area (Å²) in [5, 5.41) is 0. The molecule has 0 atom stereocenters. The van der Waals surface area contributed by atoms with Crippen LogP contribution < -0.4 is 10.6 Å². The second-order valence-electron chi connectivity index (χ2n) is 5.47. The summed E-state index contributed by atoms with van der Waals surface area (Å²) in [6.45, 7) is 0. The highest BCUT2D eigenvalue weighted by Crippen LogP contribution is 2.24. The molecule has 1 fully saturated rings. The quantitative estimate of drug-likeness (QED) is 0.809. The Morgan fingerprint density at radius 2 is 1.00 bits per heavy atom. The van der Waals surface area contributed by atoms with Gasteiger partial charge in [-0.2, -0.15) is 0 Å². The monoisotopic (exact) mass is 296 g/mol. The average Bonchev–Trinajstić information content (AvgIpc) is 2.59. The standard InChI is InChI=1S/C13H12N2O.C6H12/c14-13(16)15(11-7-3-1-4-8-11)12-9-5-2-6-10-12;1-2-4-6-5-3-1/h1-10H,(H2,14,16);1-6H2. The SMILES string of the molecule is C1CCCCC1.NC(=O)N(c1ccccc1)c1ccccc1. The summed E-state index contributed by atoms with van der Waals surface area (Å²) in [5.41, 5.74) is 6.92. The third-order valence-electron chi connectivity index (χ3n) is 3.75. The Balaban J connectivity index is 0.000000246. The molecule has 2 aromatic carbocycles. The minimum Gasteiger partial charge on any atom is -0.351 e. The predicted molar refractivity (Wildman–Crippen MR) is 92.3 cm³/mol. The number of carbonyl (C=O) groups excluding carboxylic acids is 1. The van der Waals surface area contributed by atoms with Gasteiger partial charge in [0, 0.05) is 0 Å². The van der Waals surface area contributed by atoms with Crippen molar-refractivity contribution in [2.75, 3.05) is 4.90 Å². The maximum absolute atomic E-state index is 11.4. The zero-order chi connectivity index (χ0) is 15.6. The lowest BCUT2D eigenvalue weighted by atomic mass is 10.0. The molecule has 1 saturated carbocycles. The first kappa shape index (κ1) is 16.1. The van der Waals surface area contributed by atoms with Crippen LogP contribution in [-0.2, 0) is 0 Å². The molecule has 1 aliphatic rings. The van der Waals surface area contributed by atoms with Crippen molar-refractivity contribution in [1.29, 1.82) is 0 Å². The Bertz CT molecular complexity index is 499. The first-order valence-electron chi connectivity index (χ1n) is 7.98. The molecule has 22 heavy (non-hydrogen) atoms. The molecule has 0 aliphatic heterocycles. The molecule has 0 spiro atoms. The third kappa shape index (κ3) is 4.92. The molecule has 116 valence electrons. The molecule has 0 radical (unpaired) electrons. The van der Waals surface area contributed by atoms with Crippen LogP contribution in [-0.4, -0.2) is 6.03 Å². The second kappa shape index (κ2) is 8.88. The van der Waals surface area contributed by atoms with Crippen LogP contribution in [0.1, 0.15) is 38.5 Å². The number of amides is 2. The van der Waals surface area contributed by atoms with Crippen LogP contribution in [0.4, 0.5) is 16.2 Å². The van der Waals surface area contributed by atoms with Gasteiger partial charge >= 0.3 is 6.03 Å². The molecular formula is C19H24N2O. The molecule has 0 bridgehead atoms. The fourth-order valence-corrected chi connectivity index (χ4v) is 2.62. The van der Waals surface area contributed by atoms with Crippen molar-refractivity contribution in [3.8, 4) is 0 Å². The van der Waals surface area contributed by atoms with E-state index in [4.69, 9.17) is 5.73 Å². The summed E-state index contributed by atoms with van der Waals surface area (Å²) in [5.74, 6) is 0. The van der Waals surface area contributed by atoms with Crippen molar-refractivity contribution in [2.45, 2.75) is 38.5 Å². The number of nitrogens with two attached hydrogens (primary N) is 1. The Morgan fingerprint density at radius 1 is 0.682 bits per heavy atom. The van der Waals surface area contributed by atoms with E-state index in [0.29, 0.717) is 0 Å². The molecular weight excluding hydrogens is 272 g/mol. The second-order valence-corrected chi connectivity index (χ2v) is 5.47. The maximum atomic E-state index is 11.4. The van der Waals surface area contributed by atoms with E-state index in [1.165, 1.54) is 43.4 Å². The zero-order valence-electron chi connectivity index (χ0n) is 12.9. The fourth-order valence-electron chi connectivity index (χ4n) is 2.62. The van der Waals surface area contributed by atoms with E-state index in [1.807, 2.05) is 60.7 Å². The normalized spacial score (nSPS) is 13.6. The Hall–Kier alpha value is -2.29. The van der Waals surface area contributed by atoms with Gasteiger partial charge in [-0.1, -0.05) is 74.9 Å². The number of hydrogen-bond acceptors (Lipinski definition) is 1. The molecule has 2 amide bonds. The van der Waals surface area contributed by atoms with Crippen molar-refractivity contribution in [2.24, 2.45) is 5.73 Å². The number of rotatable bonds is 2. The number of nitrogens with zero attached hydrogens (tertiary/aromatic N) is 1. The smallest absolute Gasteiger partial charge is 0.323 e.